The molecule has 1 aromatic heterocycles. The van der Waals surface area contributed by atoms with Crippen LogP contribution in [-0.4, -0.2) is 41.8 Å². The van der Waals surface area contributed by atoms with Gasteiger partial charge in [0.25, 0.3) is 11.5 Å². The van der Waals surface area contributed by atoms with Gasteiger partial charge in [-0.25, -0.2) is 13.6 Å². The van der Waals surface area contributed by atoms with Crippen molar-refractivity contribution in [1.82, 2.24) is 9.88 Å². The summed E-state index contributed by atoms with van der Waals surface area (Å²) < 4.78 is 75.7. The molecule has 45 heavy (non-hydrogen) atoms. The van der Waals surface area contributed by atoms with Crippen molar-refractivity contribution in [1.29, 1.82) is 0 Å². The van der Waals surface area contributed by atoms with Crippen LogP contribution in [-0.2, 0) is 23.0 Å². The Morgan fingerprint density at radius 2 is 1.60 bits per heavy atom. The molecule has 7 nitrogen and oxygen atoms in total. The highest BCUT2D eigenvalue weighted by atomic mass is 19.4. The second-order valence-electron chi connectivity index (χ2n) is 10.7. The van der Waals surface area contributed by atoms with Crippen LogP contribution in [0.4, 0.5) is 27.6 Å². The fraction of sp³-hybridized carbons (Fsp3) is 0.303. The van der Waals surface area contributed by atoms with Crippen LogP contribution >= 0.6 is 0 Å². The monoisotopic (exact) mass is 629 g/mol. The molecule has 0 aliphatic rings. The maximum Gasteiger partial charge on any atom is 0.408 e. The number of benzene rings is 3. The summed E-state index contributed by atoms with van der Waals surface area (Å²) in [7, 11) is 2.77. The predicted molar refractivity (Wildman–Crippen MR) is 161 cm³/mol. The first-order valence-corrected chi connectivity index (χ1v) is 14.1. The number of ether oxygens (including phenoxy) is 1. The van der Waals surface area contributed by atoms with Crippen LogP contribution in [0.3, 0.4) is 0 Å². The standard InChI is InChI=1S/C33H32F5N3O4/c1-6-27(33(36,37)38)39-20-15-24(34)29(25(35)16-20)30(42)40-26(32(44)45-5)14-19-11-12-23(22-10-8-7-9-21(19)22)28-17(2)13-18(3)41(4)31(28)43/h7-13,15-16,26-27,39H,6,14H2,1-5H3,(H,40,42)/t26-,27+/m0/s1. The molecule has 1 heterocycles. The summed E-state index contributed by atoms with van der Waals surface area (Å²) in [6, 6.07) is 10.2. The molecule has 0 saturated carbocycles. The third kappa shape index (κ3) is 6.84. The van der Waals surface area contributed by atoms with E-state index in [9.17, 15) is 36.3 Å². The van der Waals surface area contributed by atoms with Crippen molar-refractivity contribution in [2.24, 2.45) is 7.05 Å². The van der Waals surface area contributed by atoms with Crippen LogP contribution in [0.2, 0.25) is 0 Å². The maximum absolute atomic E-state index is 14.9. The van der Waals surface area contributed by atoms with Gasteiger partial charge in [0.1, 0.15) is 29.3 Å². The number of fused-ring (bicyclic) bond motifs is 1. The number of pyridine rings is 1. The minimum atomic E-state index is -4.66. The lowest BCUT2D eigenvalue weighted by Gasteiger charge is -2.22. The molecule has 4 aromatic rings. The average Bonchev–Trinajstić information content (AvgIpc) is 2.97. The molecule has 0 spiro atoms. The van der Waals surface area contributed by atoms with Crippen molar-refractivity contribution in [2.75, 3.05) is 12.4 Å². The van der Waals surface area contributed by atoms with E-state index in [0.717, 1.165) is 18.4 Å². The number of aryl methyl sites for hydroxylation is 2. The molecule has 1 amide bonds. The first-order chi connectivity index (χ1) is 21.2. The Kier molecular flexibility index (Phi) is 9.65. The first kappa shape index (κ1) is 33.2. The Bertz CT molecular complexity index is 1810. The smallest absolute Gasteiger partial charge is 0.408 e. The molecule has 3 aromatic carbocycles. The lowest BCUT2D eigenvalue weighted by molar-refractivity contribution is -0.143. The molecule has 4 rings (SSSR count). The number of hydrogen-bond donors (Lipinski definition) is 2. The Morgan fingerprint density at radius 1 is 0.978 bits per heavy atom. The van der Waals surface area contributed by atoms with Crippen LogP contribution < -0.4 is 16.2 Å². The van der Waals surface area contributed by atoms with E-state index < -0.39 is 59.4 Å². The minimum absolute atomic E-state index is 0.142. The average molecular weight is 630 g/mol. The van der Waals surface area contributed by atoms with Crippen LogP contribution in [0.1, 0.15) is 40.5 Å². The van der Waals surface area contributed by atoms with E-state index in [0.29, 0.717) is 39.6 Å². The zero-order chi connectivity index (χ0) is 33.2. The number of hydrogen-bond acceptors (Lipinski definition) is 5. The zero-order valence-corrected chi connectivity index (χ0v) is 25.2. The summed E-state index contributed by atoms with van der Waals surface area (Å²) in [5.74, 6) is -5.02. The van der Waals surface area contributed by atoms with Crippen molar-refractivity contribution in [2.45, 2.75) is 51.9 Å². The summed E-state index contributed by atoms with van der Waals surface area (Å²) in [6.07, 6.45) is -5.20. The van der Waals surface area contributed by atoms with Crippen molar-refractivity contribution < 1.29 is 36.3 Å². The molecule has 0 aliphatic carbocycles. The number of nitrogens with one attached hydrogen (secondary N) is 2. The van der Waals surface area contributed by atoms with Crippen molar-refractivity contribution in [3.63, 3.8) is 0 Å². The van der Waals surface area contributed by atoms with Gasteiger partial charge in [-0.2, -0.15) is 13.2 Å². The quantitative estimate of drug-likeness (QED) is 0.166. The highest BCUT2D eigenvalue weighted by Crippen LogP contribution is 2.32. The van der Waals surface area contributed by atoms with Gasteiger partial charge in [0, 0.05) is 24.8 Å². The number of aromatic nitrogens is 1. The van der Waals surface area contributed by atoms with Crippen molar-refractivity contribution in [3.8, 4) is 11.1 Å². The first-order valence-electron chi connectivity index (χ1n) is 14.1. The topological polar surface area (TPSA) is 89.4 Å². The van der Waals surface area contributed by atoms with E-state index in [1.165, 1.54) is 6.92 Å². The van der Waals surface area contributed by atoms with E-state index in [1.807, 2.05) is 31.3 Å². The fourth-order valence-electron chi connectivity index (χ4n) is 5.34. The number of esters is 1. The number of alkyl halides is 3. The van der Waals surface area contributed by atoms with Gasteiger partial charge in [0.2, 0.25) is 0 Å². The summed E-state index contributed by atoms with van der Waals surface area (Å²) in [4.78, 5) is 39.0. The highest BCUT2D eigenvalue weighted by Gasteiger charge is 2.38. The molecule has 2 N–H and O–H groups in total. The largest absolute Gasteiger partial charge is 0.467 e. The van der Waals surface area contributed by atoms with E-state index >= 15 is 0 Å². The highest BCUT2D eigenvalue weighted by molar-refractivity contribution is 6.00. The number of anilines is 1. The lowest BCUT2D eigenvalue weighted by Crippen LogP contribution is -2.43. The van der Waals surface area contributed by atoms with Gasteiger partial charge in [-0.1, -0.05) is 43.3 Å². The van der Waals surface area contributed by atoms with E-state index in [4.69, 9.17) is 4.74 Å². The molecule has 12 heteroatoms. The normalized spacial score (nSPS) is 12.9. The Hall–Kier alpha value is -4.74. The van der Waals surface area contributed by atoms with Crippen LogP contribution in [0, 0.1) is 25.5 Å². The molecule has 0 fully saturated rings. The maximum atomic E-state index is 14.9. The van der Waals surface area contributed by atoms with Crippen LogP contribution in [0.25, 0.3) is 21.9 Å². The van der Waals surface area contributed by atoms with Crippen molar-refractivity contribution in [3.05, 3.63) is 99.0 Å². The second-order valence-corrected chi connectivity index (χ2v) is 10.7. The second kappa shape index (κ2) is 13.1. The predicted octanol–water partition coefficient (Wildman–Crippen LogP) is 6.37. The third-order valence-electron chi connectivity index (χ3n) is 7.78. The molecular formula is C33H32F5N3O4. The lowest BCUT2D eigenvalue weighted by atomic mass is 9.91. The SMILES string of the molecule is CC[C@@H](Nc1cc(F)c(C(=O)N[C@@H](Cc2ccc(-c3c(C)cc(C)n(C)c3=O)c3ccccc23)C(=O)OC)c(F)c1)C(F)(F)F. The zero-order valence-electron chi connectivity index (χ0n) is 25.2. The molecule has 0 saturated heterocycles. The minimum Gasteiger partial charge on any atom is -0.467 e. The number of nitrogens with zero attached hydrogens (tertiary/aromatic N) is 1. The number of amides is 1. The third-order valence-corrected chi connectivity index (χ3v) is 7.78. The van der Waals surface area contributed by atoms with Crippen LogP contribution in [0.5, 0.6) is 0 Å². The van der Waals surface area contributed by atoms with Crippen LogP contribution in [0.15, 0.2) is 59.4 Å². The number of carbonyl (C=O) groups is 2. The van der Waals surface area contributed by atoms with E-state index in [1.54, 1.807) is 41.9 Å². The van der Waals surface area contributed by atoms with Crippen molar-refractivity contribution >= 4 is 28.3 Å². The van der Waals surface area contributed by atoms with Gasteiger partial charge in [-0.15, -0.1) is 0 Å². The molecule has 0 bridgehead atoms. The fourth-order valence-corrected chi connectivity index (χ4v) is 5.34. The van der Waals surface area contributed by atoms with Gasteiger partial charge in [-0.05, 0) is 65.9 Å². The summed E-state index contributed by atoms with van der Waals surface area (Å²) >= 11 is 0. The van der Waals surface area contributed by atoms with Gasteiger partial charge >= 0.3 is 12.1 Å². The molecule has 0 radical (unpaired) electrons. The summed E-state index contributed by atoms with van der Waals surface area (Å²) in [6.45, 7) is 4.93. The molecule has 0 aliphatic heterocycles. The Labute approximate surface area is 256 Å². The van der Waals surface area contributed by atoms with E-state index in [-0.39, 0.29) is 12.0 Å². The number of methoxy groups -OCH3 is 1. The Morgan fingerprint density at radius 3 is 2.18 bits per heavy atom. The van der Waals surface area contributed by atoms with Gasteiger partial charge < -0.3 is 19.9 Å². The summed E-state index contributed by atoms with van der Waals surface area (Å²) in [5, 5.41) is 5.71. The number of rotatable bonds is 9. The molecule has 0 unspecified atom stereocenters. The summed E-state index contributed by atoms with van der Waals surface area (Å²) in [5.41, 5.74) is 1.57. The Balaban J connectivity index is 1.68. The number of carbonyl (C=O) groups excluding carboxylic acids is 2. The molecule has 238 valence electrons. The number of halogens is 5. The molecular weight excluding hydrogens is 597 g/mol. The van der Waals surface area contributed by atoms with Gasteiger partial charge in [-0.3, -0.25) is 9.59 Å². The van der Waals surface area contributed by atoms with Gasteiger partial charge in [0.05, 0.1) is 12.7 Å². The van der Waals surface area contributed by atoms with E-state index in [2.05, 4.69) is 5.32 Å². The van der Waals surface area contributed by atoms with Gasteiger partial charge in [0.15, 0.2) is 0 Å². The molecule has 2 atom stereocenters.